The fourth-order valence-electron chi connectivity index (χ4n) is 15.3. The number of nitrogens with one attached hydrogen (secondary N) is 3. The van der Waals surface area contributed by atoms with Gasteiger partial charge in [-0.15, -0.1) is 0 Å². The number of hydrogen-bond acceptors (Lipinski definition) is 23. The Morgan fingerprint density at radius 2 is 1.46 bits per heavy atom. The molecule has 4 fully saturated rings. The van der Waals surface area contributed by atoms with Crippen molar-refractivity contribution in [2.45, 2.75) is 243 Å². The Morgan fingerprint density at radius 1 is 0.783 bits per heavy atom. The van der Waals surface area contributed by atoms with Gasteiger partial charge in [-0.3, -0.25) is 24.0 Å². The number of aliphatic hydroxyl groups excluding tert-OH is 4. The number of fused-ring (bicyclic) bond motifs is 3. The average molecular weight is 1300 g/mol. The minimum absolute atomic E-state index is 0.0264. The monoisotopic (exact) mass is 1300 g/mol. The number of benzene rings is 1. The van der Waals surface area contributed by atoms with E-state index in [9.17, 15) is 74.7 Å². The van der Waals surface area contributed by atoms with Crippen LogP contribution in [-0.4, -0.2) is 198 Å². The molecule has 26 nitrogen and oxygen atoms in total. The molecule has 0 aromatic heterocycles. The normalized spacial score (nSPS) is 41.3. The summed E-state index contributed by atoms with van der Waals surface area (Å²) in [5, 5.41) is 113. The van der Waals surface area contributed by atoms with E-state index >= 15 is 0 Å². The predicted octanol–water partition coefficient (Wildman–Crippen LogP) is 3.64. The first-order valence-electron chi connectivity index (χ1n) is 32.5. The highest BCUT2D eigenvalue weighted by Crippen LogP contribution is 2.57. The lowest BCUT2D eigenvalue weighted by Gasteiger charge is -2.52. The molecule has 0 bridgehead atoms. The molecule has 6 aliphatic rings. The zero-order valence-electron chi connectivity index (χ0n) is 55.6. The maximum Gasteiger partial charge on any atom is 0.407 e. The Morgan fingerprint density at radius 3 is 2.10 bits per heavy atom. The van der Waals surface area contributed by atoms with E-state index in [2.05, 4.69) is 16.0 Å². The third-order valence-corrected chi connectivity index (χ3v) is 21.2. The lowest BCUT2D eigenvalue weighted by atomic mass is 9.54. The Labute approximate surface area is 538 Å². The Hall–Kier alpha value is -5.36. The number of nitrogens with two attached hydrogens (primary N) is 1. The zero-order chi connectivity index (χ0) is 68.7. The van der Waals surface area contributed by atoms with Crippen LogP contribution in [0.4, 0.5) is 4.79 Å². The number of cyclic esters (lactones) is 1. The van der Waals surface area contributed by atoms with Crippen molar-refractivity contribution in [2.24, 2.45) is 53.1 Å². The van der Waals surface area contributed by atoms with Gasteiger partial charge in [-0.05, 0) is 122 Å². The van der Waals surface area contributed by atoms with Gasteiger partial charge >= 0.3 is 12.1 Å². The predicted molar refractivity (Wildman–Crippen MR) is 330 cm³/mol. The second-order valence-electron chi connectivity index (χ2n) is 28.0. The molecule has 1 aromatic carbocycles. The molecule has 26 heteroatoms. The summed E-state index contributed by atoms with van der Waals surface area (Å²) in [7, 11) is 1.45. The van der Waals surface area contributed by atoms with Gasteiger partial charge in [-0.1, -0.05) is 60.1 Å². The van der Waals surface area contributed by atoms with Crippen molar-refractivity contribution in [3.63, 3.8) is 0 Å². The smallest absolute Gasteiger partial charge is 0.407 e. The number of methoxy groups -OCH3 is 1. The van der Waals surface area contributed by atoms with Crippen molar-refractivity contribution in [1.82, 2.24) is 16.0 Å². The van der Waals surface area contributed by atoms with Gasteiger partial charge in [0.15, 0.2) is 30.1 Å². The summed E-state index contributed by atoms with van der Waals surface area (Å²) in [6.45, 7) is 22.4. The van der Waals surface area contributed by atoms with Crippen molar-refractivity contribution < 1.29 is 108 Å². The Bertz CT molecular complexity index is 2930. The number of ether oxygens (including phenoxy) is 7. The molecule has 518 valence electrons. The number of amides is 3. The molecule has 0 radical (unpaired) electrons. The van der Waals surface area contributed by atoms with Crippen molar-refractivity contribution in [1.29, 1.82) is 0 Å². The van der Waals surface area contributed by atoms with E-state index in [0.29, 0.717) is 25.7 Å². The highest BCUT2D eigenvalue weighted by molar-refractivity contribution is 6.24. The molecule has 3 heterocycles. The Balaban J connectivity index is 0.944. The van der Waals surface area contributed by atoms with Crippen LogP contribution >= 0.6 is 0 Å². The van der Waals surface area contributed by atoms with Crippen LogP contribution in [0.5, 0.6) is 5.75 Å². The molecule has 3 amide bonds. The number of esters is 1. The van der Waals surface area contributed by atoms with E-state index in [4.69, 9.17) is 38.9 Å². The molecule has 1 saturated carbocycles. The third-order valence-electron chi connectivity index (χ3n) is 21.2. The van der Waals surface area contributed by atoms with Gasteiger partial charge in [0.1, 0.15) is 46.3 Å². The molecule has 24 atom stereocenters. The van der Waals surface area contributed by atoms with Gasteiger partial charge in [0.2, 0.25) is 11.7 Å². The number of hydrogen-bond donors (Lipinski definition) is 13. The number of alkyl carbamates (subject to hydrolysis) is 1. The minimum atomic E-state index is -2.97. The summed E-state index contributed by atoms with van der Waals surface area (Å²) in [5.74, 6) is -13.4. The summed E-state index contributed by atoms with van der Waals surface area (Å²) in [6, 6.07) is 2.55. The van der Waals surface area contributed by atoms with Crippen LogP contribution in [0.3, 0.4) is 0 Å². The van der Waals surface area contributed by atoms with Gasteiger partial charge in [-0.2, -0.15) is 0 Å². The van der Waals surface area contributed by atoms with Crippen LogP contribution in [0, 0.1) is 47.3 Å². The number of phenolic OH excluding ortho intramolecular Hbond substituents is 1. The molecular formula is C66H102N4O22. The van der Waals surface area contributed by atoms with Crippen molar-refractivity contribution in [2.75, 3.05) is 26.7 Å². The highest BCUT2D eigenvalue weighted by Gasteiger charge is 2.66. The quantitative estimate of drug-likeness (QED) is 0.0567. The fourth-order valence-corrected chi connectivity index (χ4v) is 15.3. The zero-order valence-corrected chi connectivity index (χ0v) is 55.6. The first-order valence-corrected chi connectivity index (χ1v) is 32.5. The molecule has 9 unspecified atom stereocenters. The molecule has 1 aromatic rings. The van der Waals surface area contributed by atoms with Gasteiger partial charge in [0, 0.05) is 62.9 Å². The van der Waals surface area contributed by atoms with Crippen LogP contribution < -0.4 is 21.7 Å². The number of carbonyl (C=O) groups is 6. The Kier molecular flexibility index (Phi) is 23.3. The lowest BCUT2D eigenvalue weighted by Crippen LogP contribution is -2.67. The standard InChI is InChI=1S/C66H102N4O22/c1-15-42-65(13,84)53(76)34(6)33(5)31(3)28-62(10,82)56(91-60-49(73)30(2)26-32(4)87-60)35(7)52(36(8)59(80)89-42)90-44-29-63(11,86-14)57(37(9)88-44)92-61(81)70-23-18-16-17-22-43(72)68-24-25-69-48-40-27-39-46(50(74)45-38(64(39,12)83)20-19-21-41(45)71)54(77)66(40,85)55(78)47(51(48)75)58(67)79/h19-21,30-37,39-40,42,44,48-49,52-53,56-57,60,69,71,73-74,76,78,82-85H,15-18,22-29H2,1-14H3,(H2,67,79)(H,68,72)(H,70,81)/t30?,31-,32?,33+,34+,35+,36-,37?,39+,40+,42-,44?,48?,49?,52+,53-,56-,57?,60?,62-,63?,64-,65-,66+/m1/s1. The molecule has 3 aliphatic heterocycles. The molecule has 0 spiro atoms. The van der Waals surface area contributed by atoms with Crippen molar-refractivity contribution >= 4 is 41.2 Å². The largest absolute Gasteiger partial charge is 0.508 e. The number of Topliss-reactive ketones (excluding diaryl/α,β-unsaturated/α-hetero) is 2. The number of rotatable bonds is 18. The number of primary amides is 1. The van der Waals surface area contributed by atoms with E-state index in [1.807, 2.05) is 34.6 Å². The number of aliphatic hydroxyl groups is 8. The average Bonchev–Trinajstić information content (AvgIpc) is 0.692. The van der Waals surface area contributed by atoms with Crippen molar-refractivity contribution in [3.8, 4) is 5.75 Å². The maximum atomic E-state index is 14.5. The molecule has 7 rings (SSSR count). The second kappa shape index (κ2) is 28.9. The topological polar surface area (TPSA) is 411 Å². The molecule has 92 heavy (non-hydrogen) atoms. The molecule has 3 saturated heterocycles. The SMILES string of the molecule is CC[C@H]1OC(=O)[C@H](C)[C@@H](OC2CC(C)(OC)C(OC(=O)NCCCCCC(=O)NCCNC3C(=O)C(C(N)=O)=C(O)[C@@]4(O)C(=O)C5=C(O)c6c(O)cccc6[C@@](C)(O)[C@H]5C[C@@H]34)C(C)O2)[C@H](C)[C@@H](OC2OC(C)CC(C)C2O)[C@](C)(O)C[C@@H](C)[C@H](C)[C@H](C)[C@@H](O)[C@]1(C)O. The van der Waals surface area contributed by atoms with Crippen LogP contribution in [0.1, 0.15) is 159 Å². The van der Waals surface area contributed by atoms with Crippen LogP contribution in [0.2, 0.25) is 0 Å². The van der Waals surface area contributed by atoms with Crippen molar-refractivity contribution in [3.05, 3.63) is 46.2 Å². The molecule has 14 N–H and O–H groups in total. The maximum absolute atomic E-state index is 14.5. The lowest BCUT2D eigenvalue weighted by molar-refractivity contribution is -0.318. The van der Waals surface area contributed by atoms with E-state index in [0.717, 1.165) is 0 Å². The molecule has 3 aliphatic carbocycles. The van der Waals surface area contributed by atoms with E-state index < -0.39 is 177 Å². The van der Waals surface area contributed by atoms with Crippen LogP contribution in [0.15, 0.2) is 35.1 Å². The number of aromatic hydroxyl groups is 1. The number of phenols is 1. The first kappa shape index (κ1) is 74.0. The van der Waals surface area contributed by atoms with E-state index in [1.54, 1.807) is 41.5 Å². The number of carbonyl (C=O) groups excluding carboxylic acids is 6. The van der Waals surface area contributed by atoms with E-state index in [-0.39, 0.29) is 92.6 Å². The van der Waals surface area contributed by atoms with Gasteiger partial charge in [0.05, 0.1) is 59.2 Å². The summed E-state index contributed by atoms with van der Waals surface area (Å²) >= 11 is 0. The molecular weight excluding hydrogens is 1200 g/mol. The summed E-state index contributed by atoms with van der Waals surface area (Å²) in [6.07, 6.45) is -9.14. The first-order chi connectivity index (χ1) is 42.8. The number of ketones is 2. The second-order valence-corrected chi connectivity index (χ2v) is 28.0. The third kappa shape index (κ3) is 14.6. The van der Waals surface area contributed by atoms with Gasteiger partial charge < -0.3 is 101 Å². The van der Waals surface area contributed by atoms with Gasteiger partial charge in [0.25, 0.3) is 5.91 Å². The summed E-state index contributed by atoms with van der Waals surface area (Å²) in [5.41, 5.74) is -5.95. The van der Waals surface area contributed by atoms with Gasteiger partial charge in [-0.25, -0.2) is 4.79 Å². The van der Waals surface area contributed by atoms with Crippen LogP contribution in [-0.2, 0) is 62.7 Å². The van der Waals surface area contributed by atoms with E-state index in [1.165, 1.54) is 39.2 Å². The number of unbranched alkanes of at least 4 members (excludes halogenated alkanes) is 2. The highest BCUT2D eigenvalue weighted by atomic mass is 16.7. The van der Waals surface area contributed by atoms with Crippen LogP contribution in [0.25, 0.3) is 5.76 Å². The fraction of sp³-hybridized carbons (Fsp3) is 0.758. The summed E-state index contributed by atoms with van der Waals surface area (Å²) in [4.78, 5) is 81.7. The summed E-state index contributed by atoms with van der Waals surface area (Å²) < 4.78 is 44.4. The minimum Gasteiger partial charge on any atom is -0.508 e.